The Kier molecular flexibility index (Phi) is 3.28. The van der Waals surface area contributed by atoms with E-state index < -0.39 is 11.9 Å². The van der Waals surface area contributed by atoms with Gasteiger partial charge in [0.05, 0.1) is 24.7 Å². The van der Waals surface area contributed by atoms with Gasteiger partial charge >= 0.3 is 0 Å². The number of aliphatic hydroxyl groups is 1. The molecule has 4 nitrogen and oxygen atoms in total. The first-order chi connectivity index (χ1) is 11.9. The van der Waals surface area contributed by atoms with E-state index in [1.807, 2.05) is 6.08 Å². The van der Waals surface area contributed by atoms with Gasteiger partial charge in [0, 0.05) is 11.8 Å². The van der Waals surface area contributed by atoms with Gasteiger partial charge in [0.25, 0.3) is 0 Å². The second-order valence-corrected chi connectivity index (χ2v) is 9.13. The highest BCUT2D eigenvalue weighted by molar-refractivity contribution is 6.01. The third-order valence-electron chi connectivity index (χ3n) is 8.45. The predicted molar refractivity (Wildman–Crippen MR) is 92.6 cm³/mol. The molecule has 0 aromatic carbocycles. The van der Waals surface area contributed by atoms with Gasteiger partial charge in [-0.05, 0) is 55.6 Å². The largest absolute Gasteiger partial charge is 0.392 e. The summed E-state index contributed by atoms with van der Waals surface area (Å²) in [6.07, 6.45) is 10.1. The minimum absolute atomic E-state index is 0.0910. The van der Waals surface area contributed by atoms with Gasteiger partial charge in [-0.2, -0.15) is 0 Å². The Bertz CT molecular complexity index is 673. The molecule has 0 aromatic rings. The first-order valence-electron chi connectivity index (χ1n) is 9.81. The monoisotopic (exact) mass is 344 g/mol. The topological polar surface area (TPSA) is 55.8 Å². The highest BCUT2D eigenvalue weighted by atomic mass is 16.7. The molecule has 1 spiro atoms. The van der Waals surface area contributed by atoms with Gasteiger partial charge in [-0.1, -0.05) is 25.5 Å². The fourth-order valence-electron chi connectivity index (χ4n) is 7.06. The van der Waals surface area contributed by atoms with E-state index in [0.717, 1.165) is 32.1 Å². The van der Waals surface area contributed by atoms with Crippen LogP contribution in [0.15, 0.2) is 23.8 Å². The van der Waals surface area contributed by atoms with Crippen molar-refractivity contribution in [2.45, 2.75) is 57.8 Å². The number of carbonyl (C=O) groups is 1. The Labute approximate surface area is 149 Å². The second kappa shape index (κ2) is 5.05. The van der Waals surface area contributed by atoms with Gasteiger partial charge < -0.3 is 14.6 Å². The average Bonchev–Trinajstić information content (AvgIpc) is 3.18. The third kappa shape index (κ3) is 1.86. The van der Waals surface area contributed by atoms with E-state index in [9.17, 15) is 9.90 Å². The van der Waals surface area contributed by atoms with E-state index in [2.05, 4.69) is 19.9 Å². The molecule has 3 saturated carbocycles. The highest BCUT2D eigenvalue weighted by Gasteiger charge is 2.70. The van der Waals surface area contributed by atoms with Crippen LogP contribution in [0.25, 0.3) is 0 Å². The van der Waals surface area contributed by atoms with Crippen LogP contribution < -0.4 is 0 Å². The molecular weight excluding hydrogens is 316 g/mol. The van der Waals surface area contributed by atoms with Crippen LogP contribution in [0.5, 0.6) is 0 Å². The summed E-state index contributed by atoms with van der Waals surface area (Å²) in [6, 6.07) is 0. The number of hydrogen-bond acceptors (Lipinski definition) is 4. The van der Waals surface area contributed by atoms with Crippen LogP contribution in [-0.4, -0.2) is 36.0 Å². The van der Waals surface area contributed by atoms with Gasteiger partial charge in [0.1, 0.15) is 0 Å². The van der Waals surface area contributed by atoms with E-state index in [1.54, 1.807) is 6.08 Å². The third-order valence-corrected chi connectivity index (χ3v) is 8.45. The summed E-state index contributed by atoms with van der Waals surface area (Å²) in [7, 11) is 0. The molecule has 1 aliphatic heterocycles. The zero-order chi connectivity index (χ0) is 17.4. The van der Waals surface area contributed by atoms with Crippen molar-refractivity contribution in [3.63, 3.8) is 0 Å². The van der Waals surface area contributed by atoms with Crippen LogP contribution in [0, 0.1) is 28.6 Å². The fraction of sp³-hybridized carbons (Fsp3) is 0.762. The molecule has 4 heteroatoms. The van der Waals surface area contributed by atoms with Crippen molar-refractivity contribution in [3.8, 4) is 0 Å². The fourth-order valence-corrected chi connectivity index (χ4v) is 7.06. The molecule has 4 fully saturated rings. The summed E-state index contributed by atoms with van der Waals surface area (Å²) in [5, 5.41) is 11.3. The molecule has 5 rings (SSSR count). The molecule has 0 amide bonds. The van der Waals surface area contributed by atoms with Gasteiger partial charge in [0.2, 0.25) is 0 Å². The van der Waals surface area contributed by atoms with Crippen molar-refractivity contribution in [2.24, 2.45) is 28.6 Å². The van der Waals surface area contributed by atoms with Gasteiger partial charge in [-0.15, -0.1) is 0 Å². The summed E-state index contributed by atoms with van der Waals surface area (Å²) < 4.78 is 12.2. The normalized spacial score (nSPS) is 50.4. The molecule has 0 unspecified atom stereocenters. The van der Waals surface area contributed by atoms with Crippen LogP contribution in [0.3, 0.4) is 0 Å². The zero-order valence-electron chi connectivity index (χ0n) is 15.2. The number of carbonyl (C=O) groups excluding carboxylic acids is 1. The lowest BCUT2D eigenvalue weighted by Crippen LogP contribution is -2.61. The van der Waals surface area contributed by atoms with Gasteiger partial charge in [-0.25, -0.2) is 0 Å². The SMILES string of the molecule is C[C@]12[C@@H](O)C[C@H]3[C@@H](CCC4=CC(=O)C=C[C@@]43C)[C@@H]1CCC21OCCO1. The van der Waals surface area contributed by atoms with Crippen molar-refractivity contribution in [1.29, 1.82) is 0 Å². The molecule has 136 valence electrons. The van der Waals surface area contributed by atoms with E-state index in [4.69, 9.17) is 9.47 Å². The lowest BCUT2D eigenvalue weighted by Gasteiger charge is -2.59. The summed E-state index contributed by atoms with van der Waals surface area (Å²) >= 11 is 0. The number of ketones is 1. The molecule has 6 atom stereocenters. The Morgan fingerprint density at radius 3 is 2.68 bits per heavy atom. The lowest BCUT2D eigenvalue weighted by molar-refractivity contribution is -0.273. The standard InChI is InChI=1S/C21H28O4/c1-19-7-5-14(22)11-13(19)3-4-15-16-6-8-21(24-9-10-25-21)20(16,2)18(23)12-17(15)19/h5,7,11,15-18,23H,3-4,6,8-10,12H2,1-2H3/t15-,16-,17-,18-,19-,20+/m0/s1. The molecule has 4 aliphatic carbocycles. The minimum Gasteiger partial charge on any atom is -0.392 e. The number of hydrogen-bond donors (Lipinski definition) is 1. The van der Waals surface area contributed by atoms with E-state index in [0.29, 0.717) is 31.0 Å². The molecule has 0 bridgehead atoms. The smallest absolute Gasteiger partial charge is 0.178 e. The molecule has 0 aromatic heterocycles. The van der Waals surface area contributed by atoms with Crippen molar-refractivity contribution in [3.05, 3.63) is 23.8 Å². The molecule has 1 saturated heterocycles. The van der Waals surface area contributed by atoms with Crippen LogP contribution in [0.2, 0.25) is 0 Å². The molecule has 0 radical (unpaired) electrons. The predicted octanol–water partition coefficient (Wildman–Crippen LogP) is 3.01. The van der Waals surface area contributed by atoms with Gasteiger partial charge in [-0.3, -0.25) is 4.79 Å². The van der Waals surface area contributed by atoms with Crippen LogP contribution in [0.4, 0.5) is 0 Å². The number of aliphatic hydroxyl groups excluding tert-OH is 1. The van der Waals surface area contributed by atoms with E-state index in [1.165, 1.54) is 5.57 Å². The number of fused-ring (bicyclic) bond motifs is 6. The zero-order valence-corrected chi connectivity index (χ0v) is 15.2. The van der Waals surface area contributed by atoms with Gasteiger partial charge in [0.15, 0.2) is 11.6 Å². The number of allylic oxidation sites excluding steroid dienone is 4. The first-order valence-corrected chi connectivity index (χ1v) is 9.81. The summed E-state index contributed by atoms with van der Waals surface area (Å²) in [5.41, 5.74) is 0.848. The maximum Gasteiger partial charge on any atom is 0.178 e. The maximum absolute atomic E-state index is 11.8. The Balaban J connectivity index is 1.55. The molecule has 1 N–H and O–H groups in total. The Morgan fingerprint density at radius 2 is 1.92 bits per heavy atom. The summed E-state index contributed by atoms with van der Waals surface area (Å²) in [6.45, 7) is 5.74. The van der Waals surface area contributed by atoms with E-state index in [-0.39, 0.29) is 16.6 Å². The lowest BCUT2D eigenvalue weighted by atomic mass is 9.47. The molecular formula is C21H28O4. The highest BCUT2D eigenvalue weighted by Crippen LogP contribution is 2.68. The Morgan fingerprint density at radius 1 is 1.16 bits per heavy atom. The van der Waals surface area contributed by atoms with Crippen molar-refractivity contribution in [1.82, 2.24) is 0 Å². The first kappa shape index (κ1) is 16.2. The summed E-state index contributed by atoms with van der Waals surface area (Å²) in [5.74, 6) is 0.891. The summed E-state index contributed by atoms with van der Waals surface area (Å²) in [4.78, 5) is 11.8. The molecule has 5 aliphatic rings. The van der Waals surface area contributed by atoms with Crippen molar-refractivity contribution in [2.75, 3.05) is 13.2 Å². The molecule has 1 heterocycles. The minimum atomic E-state index is -0.586. The van der Waals surface area contributed by atoms with Crippen LogP contribution >= 0.6 is 0 Å². The maximum atomic E-state index is 11.8. The molecule has 25 heavy (non-hydrogen) atoms. The van der Waals surface area contributed by atoms with Crippen molar-refractivity contribution >= 4 is 5.78 Å². The number of ether oxygens (including phenoxy) is 2. The quantitative estimate of drug-likeness (QED) is 0.734. The van der Waals surface area contributed by atoms with E-state index >= 15 is 0 Å². The van der Waals surface area contributed by atoms with Crippen molar-refractivity contribution < 1.29 is 19.4 Å². The van der Waals surface area contributed by atoms with Crippen LogP contribution in [-0.2, 0) is 14.3 Å². The average molecular weight is 344 g/mol. The second-order valence-electron chi connectivity index (χ2n) is 9.13. The Hall–Kier alpha value is -0.970. The number of rotatable bonds is 0. The van der Waals surface area contributed by atoms with Crippen LogP contribution in [0.1, 0.15) is 46.0 Å².